The van der Waals surface area contributed by atoms with E-state index in [1.165, 1.54) is 17.8 Å². The first-order valence-electron chi connectivity index (χ1n) is 6.12. The number of nitrogens with two attached hydrogens (primary N) is 1. The van der Waals surface area contributed by atoms with Crippen molar-refractivity contribution < 1.29 is 17.9 Å². The summed E-state index contributed by atoms with van der Waals surface area (Å²) >= 11 is 1.38. The van der Waals surface area contributed by atoms with Gasteiger partial charge in [0.1, 0.15) is 5.75 Å². The molecular formula is C15H14F3NOS. The third-order valence-corrected chi connectivity index (χ3v) is 4.01. The molecule has 2 aromatic carbocycles. The van der Waals surface area contributed by atoms with Gasteiger partial charge in [-0.15, -0.1) is 11.8 Å². The van der Waals surface area contributed by atoms with E-state index in [1.54, 1.807) is 31.4 Å². The number of methoxy groups -OCH3 is 1. The lowest BCUT2D eigenvalue weighted by Crippen LogP contribution is -2.04. The molecule has 0 amide bonds. The third-order valence-electron chi connectivity index (χ3n) is 2.87. The Bertz CT molecular complexity index is 629. The number of halogens is 3. The van der Waals surface area contributed by atoms with E-state index in [9.17, 15) is 13.2 Å². The quantitative estimate of drug-likeness (QED) is 0.662. The van der Waals surface area contributed by atoms with Crippen molar-refractivity contribution in [2.24, 2.45) is 0 Å². The summed E-state index contributed by atoms with van der Waals surface area (Å²) in [5.41, 5.74) is 6.38. The Morgan fingerprint density at radius 2 is 1.90 bits per heavy atom. The molecule has 0 aromatic heterocycles. The van der Waals surface area contributed by atoms with Gasteiger partial charge in [-0.25, -0.2) is 0 Å². The highest BCUT2D eigenvalue weighted by molar-refractivity contribution is 7.98. The second-order valence-electron chi connectivity index (χ2n) is 4.39. The number of anilines is 1. The molecule has 2 aromatic rings. The number of benzene rings is 2. The van der Waals surface area contributed by atoms with Crippen molar-refractivity contribution in [3.8, 4) is 5.75 Å². The Labute approximate surface area is 125 Å². The standard InChI is InChI=1S/C15H14F3NOS/c1-20-12-5-6-13(19)14(8-12)21-9-10-3-2-4-11(7-10)15(16,17)18/h2-8H,9,19H2,1H3. The summed E-state index contributed by atoms with van der Waals surface area (Å²) in [6, 6.07) is 10.5. The van der Waals surface area contributed by atoms with Gasteiger partial charge in [0.2, 0.25) is 0 Å². The van der Waals surface area contributed by atoms with Crippen LogP contribution in [0.5, 0.6) is 5.75 Å². The predicted octanol–water partition coefficient (Wildman–Crippen LogP) is 4.59. The van der Waals surface area contributed by atoms with E-state index in [4.69, 9.17) is 10.5 Å². The molecule has 112 valence electrons. The van der Waals surface area contributed by atoms with Crippen LogP contribution in [0.3, 0.4) is 0 Å². The van der Waals surface area contributed by atoms with Crippen molar-refractivity contribution in [3.05, 3.63) is 53.6 Å². The molecule has 6 heteroatoms. The molecule has 0 bridgehead atoms. The van der Waals surface area contributed by atoms with Gasteiger partial charge in [0.25, 0.3) is 0 Å². The molecule has 0 unspecified atom stereocenters. The number of hydrogen-bond acceptors (Lipinski definition) is 3. The average Bonchev–Trinajstić information content (AvgIpc) is 2.46. The zero-order valence-corrected chi connectivity index (χ0v) is 12.1. The smallest absolute Gasteiger partial charge is 0.416 e. The molecule has 0 atom stereocenters. The van der Waals surface area contributed by atoms with Gasteiger partial charge >= 0.3 is 6.18 Å². The van der Waals surface area contributed by atoms with E-state index in [2.05, 4.69) is 0 Å². The minimum Gasteiger partial charge on any atom is -0.497 e. The third kappa shape index (κ3) is 4.07. The molecule has 0 heterocycles. The molecule has 21 heavy (non-hydrogen) atoms. The molecule has 0 fully saturated rings. The highest BCUT2D eigenvalue weighted by Gasteiger charge is 2.30. The first kappa shape index (κ1) is 15.6. The van der Waals surface area contributed by atoms with Crippen LogP contribution < -0.4 is 10.5 Å². The number of hydrogen-bond donors (Lipinski definition) is 1. The zero-order chi connectivity index (χ0) is 15.5. The maximum Gasteiger partial charge on any atom is 0.416 e. The van der Waals surface area contributed by atoms with E-state index < -0.39 is 11.7 Å². The van der Waals surface area contributed by atoms with E-state index in [1.807, 2.05) is 0 Å². The lowest BCUT2D eigenvalue weighted by atomic mass is 10.1. The summed E-state index contributed by atoms with van der Waals surface area (Å²) in [6.07, 6.45) is -4.32. The van der Waals surface area contributed by atoms with Crippen LogP contribution in [0.1, 0.15) is 11.1 Å². The van der Waals surface area contributed by atoms with Gasteiger partial charge in [0.05, 0.1) is 12.7 Å². The van der Waals surface area contributed by atoms with Crippen molar-refractivity contribution in [2.75, 3.05) is 12.8 Å². The van der Waals surface area contributed by atoms with E-state index in [0.717, 1.165) is 17.0 Å². The summed E-state index contributed by atoms with van der Waals surface area (Å²) in [4.78, 5) is 0.784. The van der Waals surface area contributed by atoms with Crippen molar-refractivity contribution in [3.63, 3.8) is 0 Å². The molecule has 0 spiro atoms. The minimum absolute atomic E-state index is 0.404. The van der Waals surface area contributed by atoms with Gasteiger partial charge in [0, 0.05) is 16.3 Å². The number of thioether (sulfide) groups is 1. The maximum atomic E-state index is 12.7. The monoisotopic (exact) mass is 313 g/mol. The van der Waals surface area contributed by atoms with E-state index in [0.29, 0.717) is 22.8 Å². The lowest BCUT2D eigenvalue weighted by Gasteiger charge is -2.10. The normalized spacial score (nSPS) is 11.4. The number of nitrogen functional groups attached to an aromatic ring is 1. The molecule has 2 N–H and O–H groups in total. The molecule has 2 nitrogen and oxygen atoms in total. The van der Waals surface area contributed by atoms with Crippen LogP contribution in [0.4, 0.5) is 18.9 Å². The summed E-state index contributed by atoms with van der Waals surface area (Å²) in [6.45, 7) is 0. The fraction of sp³-hybridized carbons (Fsp3) is 0.200. The highest BCUT2D eigenvalue weighted by Crippen LogP contribution is 2.33. The molecule has 0 aliphatic heterocycles. The van der Waals surface area contributed by atoms with Gasteiger partial charge < -0.3 is 10.5 Å². The topological polar surface area (TPSA) is 35.2 Å². The average molecular weight is 313 g/mol. The molecular weight excluding hydrogens is 299 g/mol. The van der Waals surface area contributed by atoms with Crippen molar-refractivity contribution in [2.45, 2.75) is 16.8 Å². The first-order chi connectivity index (χ1) is 9.90. The molecule has 0 aliphatic carbocycles. The van der Waals surface area contributed by atoms with E-state index in [-0.39, 0.29) is 0 Å². The highest BCUT2D eigenvalue weighted by atomic mass is 32.2. The molecule has 0 radical (unpaired) electrons. The predicted molar refractivity (Wildman–Crippen MR) is 78.4 cm³/mol. The fourth-order valence-electron chi connectivity index (χ4n) is 1.77. The van der Waals surface area contributed by atoms with Crippen LogP contribution in [-0.4, -0.2) is 7.11 Å². The summed E-state index contributed by atoms with van der Waals surface area (Å²) < 4.78 is 43.1. The lowest BCUT2D eigenvalue weighted by molar-refractivity contribution is -0.137. The summed E-state index contributed by atoms with van der Waals surface area (Å²) in [5.74, 6) is 1.07. The van der Waals surface area contributed by atoms with Crippen LogP contribution >= 0.6 is 11.8 Å². The van der Waals surface area contributed by atoms with Crippen LogP contribution in [0.15, 0.2) is 47.4 Å². The minimum atomic E-state index is -4.32. The molecule has 0 aliphatic rings. The van der Waals surface area contributed by atoms with Crippen molar-refractivity contribution >= 4 is 17.4 Å². The largest absolute Gasteiger partial charge is 0.497 e. The summed E-state index contributed by atoms with van der Waals surface area (Å²) in [5, 5.41) is 0. The SMILES string of the molecule is COc1ccc(N)c(SCc2cccc(C(F)(F)F)c2)c1. The fourth-order valence-corrected chi connectivity index (χ4v) is 2.70. The van der Waals surface area contributed by atoms with Gasteiger partial charge in [0.15, 0.2) is 0 Å². The molecule has 2 rings (SSSR count). The Kier molecular flexibility index (Phi) is 4.67. The van der Waals surface area contributed by atoms with Crippen LogP contribution in [0, 0.1) is 0 Å². The Hall–Kier alpha value is -1.82. The van der Waals surface area contributed by atoms with Gasteiger partial charge in [-0.3, -0.25) is 0 Å². The number of alkyl halides is 3. The Balaban J connectivity index is 2.13. The van der Waals surface area contributed by atoms with Gasteiger partial charge in [-0.1, -0.05) is 18.2 Å². The first-order valence-corrected chi connectivity index (χ1v) is 7.11. The van der Waals surface area contributed by atoms with Crippen LogP contribution in [0.2, 0.25) is 0 Å². The second kappa shape index (κ2) is 6.30. The van der Waals surface area contributed by atoms with Crippen molar-refractivity contribution in [1.29, 1.82) is 0 Å². The van der Waals surface area contributed by atoms with Crippen LogP contribution in [0.25, 0.3) is 0 Å². The molecule has 0 saturated heterocycles. The van der Waals surface area contributed by atoms with Crippen molar-refractivity contribution in [1.82, 2.24) is 0 Å². The Morgan fingerprint density at radius 3 is 2.57 bits per heavy atom. The van der Waals surface area contributed by atoms with Gasteiger partial charge in [-0.2, -0.15) is 13.2 Å². The maximum absolute atomic E-state index is 12.7. The zero-order valence-electron chi connectivity index (χ0n) is 11.3. The molecule has 0 saturated carbocycles. The second-order valence-corrected chi connectivity index (χ2v) is 5.41. The van der Waals surface area contributed by atoms with Crippen LogP contribution in [-0.2, 0) is 11.9 Å². The van der Waals surface area contributed by atoms with E-state index >= 15 is 0 Å². The Morgan fingerprint density at radius 1 is 1.14 bits per heavy atom. The summed E-state index contributed by atoms with van der Waals surface area (Å²) in [7, 11) is 1.55. The number of ether oxygens (including phenoxy) is 1. The number of rotatable bonds is 4. The van der Waals surface area contributed by atoms with Gasteiger partial charge in [-0.05, 0) is 29.8 Å².